The van der Waals surface area contributed by atoms with Gasteiger partial charge in [-0.3, -0.25) is 24.0 Å². The number of hydrogen-bond acceptors (Lipinski definition) is 5. The van der Waals surface area contributed by atoms with Crippen molar-refractivity contribution >= 4 is 16.6 Å². The van der Waals surface area contributed by atoms with Crippen molar-refractivity contribution in [2.75, 3.05) is 0 Å². The number of fused-ring (bicyclic) bond motifs is 1. The molecule has 0 saturated heterocycles. The molecule has 0 N–H and O–H groups in total. The molecule has 0 atom stereocenters. The Morgan fingerprint density at radius 1 is 1.30 bits per heavy atom. The van der Waals surface area contributed by atoms with E-state index in [-0.39, 0.29) is 29.0 Å². The van der Waals surface area contributed by atoms with Crippen LogP contribution >= 0.6 is 0 Å². The number of nitrogens with zero attached hydrogens (tertiary/aromatic N) is 5. The summed E-state index contributed by atoms with van der Waals surface area (Å²) < 4.78 is 27.4. The largest absolute Gasteiger partial charge is 0.319 e. The van der Waals surface area contributed by atoms with E-state index in [1.165, 1.54) is 24.4 Å². The summed E-state index contributed by atoms with van der Waals surface area (Å²) in [6, 6.07) is 3.66. The quantitative estimate of drug-likeness (QED) is 0.540. The molecule has 0 saturated carbocycles. The van der Waals surface area contributed by atoms with Crippen molar-refractivity contribution in [1.29, 1.82) is 0 Å². The lowest BCUT2D eigenvalue weighted by atomic mass is 10.2. The zero-order valence-corrected chi connectivity index (χ0v) is 11.5. The van der Waals surface area contributed by atoms with Crippen molar-refractivity contribution in [2.45, 2.75) is 13.1 Å². The highest BCUT2D eigenvalue weighted by Gasteiger charge is 2.14. The van der Waals surface area contributed by atoms with Gasteiger partial charge in [0, 0.05) is 24.5 Å². The average Bonchev–Trinajstić information content (AvgIpc) is 2.98. The van der Waals surface area contributed by atoms with Crippen LogP contribution in [0.1, 0.15) is 12.4 Å². The fraction of sp³-hybridized carbons (Fsp3) is 0.154. The molecule has 1 aromatic carbocycles. The summed E-state index contributed by atoms with van der Waals surface area (Å²) in [5.41, 5.74) is -0.512. The number of rotatable bonds is 4. The minimum Gasteiger partial charge on any atom is -0.291 e. The third-order valence-corrected chi connectivity index (χ3v) is 3.29. The zero-order chi connectivity index (χ0) is 16.6. The van der Waals surface area contributed by atoms with Crippen LogP contribution in [0, 0.1) is 10.1 Å². The molecule has 118 valence electrons. The SMILES string of the molecule is O=c1c2ccc([N+](=O)[O-])cc2ncn1Cc1nccn1C(F)F. The van der Waals surface area contributed by atoms with E-state index in [9.17, 15) is 23.7 Å². The number of benzene rings is 1. The Morgan fingerprint density at radius 2 is 2.09 bits per heavy atom. The lowest BCUT2D eigenvalue weighted by Gasteiger charge is -2.08. The van der Waals surface area contributed by atoms with Crippen molar-refractivity contribution in [3.63, 3.8) is 0 Å². The first-order valence-corrected chi connectivity index (χ1v) is 6.41. The van der Waals surface area contributed by atoms with Gasteiger partial charge in [-0.1, -0.05) is 0 Å². The maximum absolute atomic E-state index is 12.8. The predicted octanol–water partition coefficient (Wildman–Crippen LogP) is 1.94. The average molecular weight is 321 g/mol. The van der Waals surface area contributed by atoms with Crippen LogP contribution < -0.4 is 5.56 Å². The summed E-state index contributed by atoms with van der Waals surface area (Å²) in [4.78, 5) is 30.2. The van der Waals surface area contributed by atoms with Crippen molar-refractivity contribution in [3.05, 3.63) is 63.2 Å². The van der Waals surface area contributed by atoms with E-state index in [0.29, 0.717) is 4.57 Å². The maximum Gasteiger partial charge on any atom is 0.319 e. The van der Waals surface area contributed by atoms with E-state index in [1.807, 2.05) is 0 Å². The molecule has 2 heterocycles. The molecule has 0 fully saturated rings. The first-order chi connectivity index (χ1) is 11.0. The minimum atomic E-state index is -2.76. The molecular weight excluding hydrogens is 312 g/mol. The molecule has 0 spiro atoms. The number of aromatic nitrogens is 4. The molecule has 0 unspecified atom stereocenters. The molecule has 0 bridgehead atoms. The van der Waals surface area contributed by atoms with E-state index < -0.39 is 17.0 Å². The smallest absolute Gasteiger partial charge is 0.291 e. The number of alkyl halides is 2. The van der Waals surface area contributed by atoms with Gasteiger partial charge in [-0.15, -0.1) is 0 Å². The molecule has 3 aromatic rings. The molecule has 0 amide bonds. The van der Waals surface area contributed by atoms with Gasteiger partial charge in [0.15, 0.2) is 0 Å². The van der Waals surface area contributed by atoms with Gasteiger partial charge in [0.2, 0.25) is 0 Å². The number of hydrogen-bond donors (Lipinski definition) is 0. The molecule has 0 radical (unpaired) electrons. The van der Waals surface area contributed by atoms with Crippen molar-refractivity contribution in [2.24, 2.45) is 0 Å². The minimum absolute atomic E-state index is 0.00478. The van der Waals surface area contributed by atoms with Crippen LogP contribution in [-0.2, 0) is 6.54 Å². The highest BCUT2D eigenvalue weighted by molar-refractivity contribution is 5.79. The number of halogens is 2. The second-order valence-corrected chi connectivity index (χ2v) is 4.66. The number of non-ortho nitro benzene ring substituents is 1. The molecule has 23 heavy (non-hydrogen) atoms. The normalized spacial score (nSPS) is 11.3. The predicted molar refractivity (Wildman–Crippen MR) is 75.2 cm³/mol. The van der Waals surface area contributed by atoms with Gasteiger partial charge in [-0.05, 0) is 6.07 Å². The van der Waals surface area contributed by atoms with Crippen LogP contribution in [0.3, 0.4) is 0 Å². The lowest BCUT2D eigenvalue weighted by Crippen LogP contribution is -2.23. The van der Waals surface area contributed by atoms with E-state index in [4.69, 9.17) is 0 Å². The highest BCUT2D eigenvalue weighted by atomic mass is 19.3. The van der Waals surface area contributed by atoms with E-state index in [1.54, 1.807) is 0 Å². The van der Waals surface area contributed by atoms with Gasteiger partial charge in [-0.25, -0.2) is 9.97 Å². The standard InChI is InChI=1S/C13H9F2N5O3/c14-13(15)19-4-3-16-11(19)6-18-7-17-10-5-8(20(22)23)1-2-9(10)12(18)21/h1-5,7,13H,6H2. The molecular formula is C13H9F2N5O3. The summed E-state index contributed by atoms with van der Waals surface area (Å²) in [6.45, 7) is -2.95. The summed E-state index contributed by atoms with van der Waals surface area (Å²) in [5, 5.41) is 10.9. The first kappa shape index (κ1) is 14.8. The highest BCUT2D eigenvalue weighted by Crippen LogP contribution is 2.17. The summed E-state index contributed by atoms with van der Waals surface area (Å²) >= 11 is 0. The summed E-state index contributed by atoms with van der Waals surface area (Å²) in [5.74, 6) is 0.00478. The van der Waals surface area contributed by atoms with Gasteiger partial charge >= 0.3 is 6.55 Å². The molecule has 2 aromatic heterocycles. The zero-order valence-electron chi connectivity index (χ0n) is 11.5. The molecule has 10 heteroatoms. The van der Waals surface area contributed by atoms with Crippen molar-refractivity contribution in [1.82, 2.24) is 19.1 Å². The third-order valence-electron chi connectivity index (χ3n) is 3.29. The number of imidazole rings is 1. The van der Waals surface area contributed by atoms with Crippen LogP contribution in [0.25, 0.3) is 10.9 Å². The number of nitro benzene ring substituents is 1. The fourth-order valence-corrected chi connectivity index (χ4v) is 2.17. The van der Waals surface area contributed by atoms with Gasteiger partial charge in [-0.2, -0.15) is 8.78 Å². The molecule has 3 rings (SSSR count). The fourth-order valence-electron chi connectivity index (χ4n) is 2.17. The Hall–Kier alpha value is -3.17. The van der Waals surface area contributed by atoms with Gasteiger partial charge in [0.1, 0.15) is 5.82 Å². The van der Waals surface area contributed by atoms with Gasteiger partial charge in [0.25, 0.3) is 11.2 Å². The molecule has 0 aliphatic rings. The Morgan fingerprint density at radius 3 is 2.78 bits per heavy atom. The monoisotopic (exact) mass is 321 g/mol. The summed E-state index contributed by atoms with van der Waals surface area (Å²) in [7, 11) is 0. The van der Waals surface area contributed by atoms with Crippen LogP contribution in [0.15, 0.2) is 41.7 Å². The Kier molecular flexibility index (Phi) is 3.56. The third kappa shape index (κ3) is 2.65. The Labute approximate surface area is 126 Å². The van der Waals surface area contributed by atoms with E-state index in [2.05, 4.69) is 9.97 Å². The summed E-state index contributed by atoms with van der Waals surface area (Å²) in [6.07, 6.45) is 3.48. The van der Waals surface area contributed by atoms with Crippen LogP contribution in [0.2, 0.25) is 0 Å². The Balaban J connectivity index is 2.04. The molecule has 8 nitrogen and oxygen atoms in total. The van der Waals surface area contributed by atoms with Crippen LogP contribution in [0.5, 0.6) is 0 Å². The molecule has 0 aliphatic heterocycles. The molecule has 0 aliphatic carbocycles. The Bertz CT molecular complexity index is 950. The first-order valence-electron chi connectivity index (χ1n) is 6.41. The van der Waals surface area contributed by atoms with Crippen molar-refractivity contribution < 1.29 is 13.7 Å². The second-order valence-electron chi connectivity index (χ2n) is 4.66. The van der Waals surface area contributed by atoms with E-state index in [0.717, 1.165) is 17.1 Å². The number of nitro groups is 1. The maximum atomic E-state index is 12.8. The van der Waals surface area contributed by atoms with Crippen molar-refractivity contribution in [3.8, 4) is 0 Å². The van der Waals surface area contributed by atoms with Crippen LogP contribution in [-0.4, -0.2) is 24.0 Å². The van der Waals surface area contributed by atoms with Gasteiger partial charge < -0.3 is 0 Å². The second kappa shape index (κ2) is 5.55. The topological polar surface area (TPSA) is 95.8 Å². The van der Waals surface area contributed by atoms with Gasteiger partial charge in [0.05, 0.1) is 28.7 Å². The lowest BCUT2D eigenvalue weighted by molar-refractivity contribution is -0.384. The van der Waals surface area contributed by atoms with Crippen LogP contribution in [0.4, 0.5) is 14.5 Å². The van der Waals surface area contributed by atoms with E-state index >= 15 is 0 Å².